The highest BCUT2D eigenvalue weighted by atomic mass is 32.2. The number of aliphatic hydroxyl groups is 1. The normalized spacial score (nSPS) is 18.0. The van der Waals surface area contributed by atoms with Crippen LogP contribution in [0.1, 0.15) is 18.9 Å². The SMILES string of the molecule is CCCN1CCN(S(=O)(=O)c2cc(F)ccc2CO)CC1. The fourth-order valence-electron chi connectivity index (χ4n) is 2.55. The molecule has 0 radical (unpaired) electrons. The lowest BCUT2D eigenvalue weighted by atomic mass is 10.2. The lowest BCUT2D eigenvalue weighted by Crippen LogP contribution is -2.48. The highest BCUT2D eigenvalue weighted by molar-refractivity contribution is 7.89. The van der Waals surface area contributed by atoms with Gasteiger partial charge in [0.1, 0.15) is 5.82 Å². The average Bonchev–Trinajstić information content (AvgIpc) is 2.48. The van der Waals surface area contributed by atoms with E-state index in [0.29, 0.717) is 26.2 Å². The summed E-state index contributed by atoms with van der Waals surface area (Å²) >= 11 is 0. The standard InChI is InChI=1S/C14H21FN2O3S/c1-2-5-16-6-8-17(9-7-16)21(19,20)14-10-13(15)4-3-12(14)11-18/h3-4,10,18H,2,5-9,11H2,1H3. The number of rotatable bonds is 5. The summed E-state index contributed by atoms with van der Waals surface area (Å²) < 4.78 is 40.0. The molecule has 0 saturated carbocycles. The first-order chi connectivity index (χ1) is 9.98. The highest BCUT2D eigenvalue weighted by Crippen LogP contribution is 2.23. The predicted molar refractivity (Wildman–Crippen MR) is 77.8 cm³/mol. The Morgan fingerprint density at radius 3 is 2.48 bits per heavy atom. The van der Waals surface area contributed by atoms with Gasteiger partial charge < -0.3 is 10.0 Å². The Labute approximate surface area is 125 Å². The van der Waals surface area contributed by atoms with Gasteiger partial charge in [0.2, 0.25) is 10.0 Å². The van der Waals surface area contributed by atoms with Crippen molar-refractivity contribution in [3.05, 3.63) is 29.6 Å². The minimum absolute atomic E-state index is 0.131. The maximum atomic E-state index is 13.4. The van der Waals surface area contributed by atoms with Crippen LogP contribution in [-0.4, -0.2) is 55.5 Å². The second kappa shape index (κ2) is 6.83. The van der Waals surface area contributed by atoms with Gasteiger partial charge in [0, 0.05) is 26.2 Å². The van der Waals surface area contributed by atoms with Gasteiger partial charge in [-0.1, -0.05) is 13.0 Å². The van der Waals surface area contributed by atoms with Crippen LogP contribution in [0.4, 0.5) is 4.39 Å². The number of benzene rings is 1. The average molecular weight is 316 g/mol. The van der Waals surface area contributed by atoms with E-state index < -0.39 is 22.4 Å². The van der Waals surface area contributed by atoms with Crippen molar-refractivity contribution in [3.8, 4) is 0 Å². The molecular weight excluding hydrogens is 295 g/mol. The van der Waals surface area contributed by atoms with Crippen LogP contribution in [-0.2, 0) is 16.6 Å². The first kappa shape index (κ1) is 16.4. The van der Waals surface area contributed by atoms with Gasteiger partial charge in [0.25, 0.3) is 0 Å². The topological polar surface area (TPSA) is 60.9 Å². The van der Waals surface area contributed by atoms with E-state index in [0.717, 1.165) is 25.1 Å². The summed E-state index contributed by atoms with van der Waals surface area (Å²) in [5, 5.41) is 9.27. The van der Waals surface area contributed by atoms with Crippen molar-refractivity contribution < 1.29 is 17.9 Å². The highest BCUT2D eigenvalue weighted by Gasteiger charge is 2.30. The molecule has 1 fully saturated rings. The molecule has 0 atom stereocenters. The summed E-state index contributed by atoms with van der Waals surface area (Å²) in [6, 6.07) is 3.46. The number of sulfonamides is 1. The first-order valence-electron chi connectivity index (χ1n) is 7.11. The van der Waals surface area contributed by atoms with Gasteiger partial charge in [-0.15, -0.1) is 0 Å². The molecule has 0 aliphatic carbocycles. The van der Waals surface area contributed by atoms with Crippen molar-refractivity contribution >= 4 is 10.0 Å². The third-order valence-electron chi connectivity index (χ3n) is 3.69. The third kappa shape index (κ3) is 3.60. The molecule has 7 heteroatoms. The second-order valence-corrected chi connectivity index (χ2v) is 7.06. The van der Waals surface area contributed by atoms with Gasteiger partial charge in [-0.05, 0) is 30.7 Å². The Morgan fingerprint density at radius 1 is 1.24 bits per heavy atom. The van der Waals surface area contributed by atoms with Crippen LogP contribution in [0.15, 0.2) is 23.1 Å². The van der Waals surface area contributed by atoms with E-state index in [1.54, 1.807) is 0 Å². The molecule has 1 aliphatic heterocycles. The van der Waals surface area contributed by atoms with Gasteiger partial charge >= 0.3 is 0 Å². The number of hydrogen-bond donors (Lipinski definition) is 1. The van der Waals surface area contributed by atoms with E-state index >= 15 is 0 Å². The quantitative estimate of drug-likeness (QED) is 0.881. The largest absolute Gasteiger partial charge is 0.392 e. The number of aliphatic hydroxyl groups excluding tert-OH is 1. The summed E-state index contributed by atoms with van der Waals surface area (Å²) in [5.41, 5.74) is 0.229. The Morgan fingerprint density at radius 2 is 1.90 bits per heavy atom. The minimum Gasteiger partial charge on any atom is -0.392 e. The molecule has 118 valence electrons. The molecule has 2 rings (SSSR count). The molecular formula is C14H21FN2O3S. The number of hydrogen-bond acceptors (Lipinski definition) is 4. The van der Waals surface area contributed by atoms with E-state index in [1.165, 1.54) is 10.4 Å². The monoisotopic (exact) mass is 316 g/mol. The fourth-order valence-corrected chi connectivity index (χ4v) is 4.20. The molecule has 21 heavy (non-hydrogen) atoms. The number of halogens is 1. The van der Waals surface area contributed by atoms with Crippen molar-refractivity contribution in [2.24, 2.45) is 0 Å². The van der Waals surface area contributed by atoms with Crippen LogP contribution < -0.4 is 0 Å². The molecule has 0 aromatic heterocycles. The lowest BCUT2D eigenvalue weighted by Gasteiger charge is -2.34. The maximum absolute atomic E-state index is 13.4. The smallest absolute Gasteiger partial charge is 0.243 e. The molecule has 1 aromatic rings. The summed E-state index contributed by atoms with van der Waals surface area (Å²) in [6.45, 7) is 4.75. The molecule has 1 aromatic carbocycles. The zero-order chi connectivity index (χ0) is 15.5. The molecule has 1 aliphatic rings. The van der Waals surface area contributed by atoms with Crippen molar-refractivity contribution in [3.63, 3.8) is 0 Å². The summed E-state index contributed by atoms with van der Waals surface area (Å²) in [6.07, 6.45) is 1.03. The Bertz CT molecular complexity index is 584. The molecule has 0 spiro atoms. The first-order valence-corrected chi connectivity index (χ1v) is 8.55. The van der Waals surface area contributed by atoms with E-state index in [4.69, 9.17) is 0 Å². The van der Waals surface area contributed by atoms with Crippen molar-refractivity contribution in [1.82, 2.24) is 9.21 Å². The van der Waals surface area contributed by atoms with Crippen LogP contribution in [0, 0.1) is 5.82 Å². The Balaban J connectivity index is 2.21. The van der Waals surface area contributed by atoms with Crippen molar-refractivity contribution in [2.45, 2.75) is 24.8 Å². The lowest BCUT2D eigenvalue weighted by molar-refractivity contribution is 0.188. The van der Waals surface area contributed by atoms with E-state index in [-0.39, 0.29) is 10.5 Å². The van der Waals surface area contributed by atoms with Gasteiger partial charge in [0.15, 0.2) is 0 Å². The van der Waals surface area contributed by atoms with E-state index in [9.17, 15) is 17.9 Å². The minimum atomic E-state index is -3.76. The molecule has 1 saturated heterocycles. The Hall–Kier alpha value is -1.02. The number of nitrogens with zero attached hydrogens (tertiary/aromatic N) is 2. The Kier molecular flexibility index (Phi) is 5.32. The predicted octanol–water partition coefficient (Wildman–Crippen LogP) is 1.03. The number of piperazine rings is 1. The van der Waals surface area contributed by atoms with Crippen molar-refractivity contribution in [2.75, 3.05) is 32.7 Å². The molecule has 0 bridgehead atoms. The summed E-state index contributed by atoms with van der Waals surface area (Å²) in [5.74, 6) is -0.615. The second-order valence-electron chi connectivity index (χ2n) is 5.16. The van der Waals surface area contributed by atoms with Gasteiger partial charge in [-0.2, -0.15) is 4.31 Å². The van der Waals surface area contributed by atoms with E-state index in [2.05, 4.69) is 11.8 Å². The zero-order valence-corrected chi connectivity index (χ0v) is 12.9. The zero-order valence-electron chi connectivity index (χ0n) is 12.1. The van der Waals surface area contributed by atoms with Gasteiger partial charge in [-0.3, -0.25) is 0 Å². The molecule has 0 amide bonds. The maximum Gasteiger partial charge on any atom is 0.243 e. The van der Waals surface area contributed by atoms with Crippen molar-refractivity contribution in [1.29, 1.82) is 0 Å². The molecule has 5 nitrogen and oxygen atoms in total. The van der Waals surface area contributed by atoms with Crippen LogP contribution >= 0.6 is 0 Å². The van der Waals surface area contributed by atoms with Crippen LogP contribution in [0.3, 0.4) is 0 Å². The van der Waals surface area contributed by atoms with E-state index in [1.807, 2.05) is 0 Å². The fraction of sp³-hybridized carbons (Fsp3) is 0.571. The molecule has 1 N–H and O–H groups in total. The molecule has 0 unspecified atom stereocenters. The van der Waals surface area contributed by atoms with Crippen LogP contribution in [0.2, 0.25) is 0 Å². The summed E-state index contributed by atoms with van der Waals surface area (Å²) in [7, 11) is -3.76. The van der Waals surface area contributed by atoms with Gasteiger partial charge in [-0.25, -0.2) is 12.8 Å². The molecule has 1 heterocycles. The summed E-state index contributed by atoms with van der Waals surface area (Å²) in [4.78, 5) is 2.08. The van der Waals surface area contributed by atoms with Gasteiger partial charge in [0.05, 0.1) is 11.5 Å². The third-order valence-corrected chi connectivity index (χ3v) is 5.67. The van der Waals surface area contributed by atoms with Crippen LogP contribution in [0.5, 0.6) is 0 Å². The van der Waals surface area contributed by atoms with Crippen LogP contribution in [0.25, 0.3) is 0 Å².